The summed E-state index contributed by atoms with van der Waals surface area (Å²) in [5.74, 6) is 2.57. The number of nitrogens with zero attached hydrogens (tertiary/aromatic N) is 3. The van der Waals surface area contributed by atoms with Crippen molar-refractivity contribution in [2.45, 2.75) is 45.3 Å². The topological polar surface area (TPSA) is 38.2 Å². The van der Waals surface area contributed by atoms with Crippen LogP contribution in [0.3, 0.4) is 0 Å². The van der Waals surface area contributed by atoms with Crippen LogP contribution in [0.4, 0.5) is 5.13 Å². The molecule has 1 aromatic carbocycles. The average Bonchev–Trinajstić information content (AvgIpc) is 3.16. The van der Waals surface area contributed by atoms with Crippen LogP contribution >= 0.6 is 11.5 Å². The standard InChI is InChI=1S/C16H21N3OS/c1-11(2)20-14-6-4-5-12(9-14)10-19(3)16-17-15(18-21-16)13-7-8-13/h4-6,9,11,13H,7-8,10H2,1-3H3. The minimum absolute atomic E-state index is 0.197. The molecule has 0 amide bonds. The summed E-state index contributed by atoms with van der Waals surface area (Å²) in [7, 11) is 2.06. The molecule has 0 aliphatic heterocycles. The highest BCUT2D eigenvalue weighted by Crippen LogP contribution is 2.39. The van der Waals surface area contributed by atoms with Gasteiger partial charge in [0.15, 0.2) is 0 Å². The molecule has 5 heteroatoms. The molecule has 0 saturated heterocycles. The molecule has 0 N–H and O–H groups in total. The van der Waals surface area contributed by atoms with E-state index >= 15 is 0 Å². The van der Waals surface area contributed by atoms with Crippen molar-refractivity contribution in [1.29, 1.82) is 0 Å². The van der Waals surface area contributed by atoms with Gasteiger partial charge in [0.25, 0.3) is 0 Å². The van der Waals surface area contributed by atoms with Crippen LogP contribution in [-0.2, 0) is 6.54 Å². The summed E-state index contributed by atoms with van der Waals surface area (Å²) in [4.78, 5) is 6.79. The molecule has 112 valence electrons. The van der Waals surface area contributed by atoms with Crippen molar-refractivity contribution in [3.8, 4) is 5.75 Å². The summed E-state index contributed by atoms with van der Waals surface area (Å²) >= 11 is 1.49. The molecule has 1 saturated carbocycles. The van der Waals surface area contributed by atoms with E-state index < -0.39 is 0 Å². The third kappa shape index (κ3) is 3.73. The number of hydrogen-bond donors (Lipinski definition) is 0. The maximum atomic E-state index is 5.74. The average molecular weight is 303 g/mol. The van der Waals surface area contributed by atoms with Gasteiger partial charge in [-0.3, -0.25) is 0 Å². The van der Waals surface area contributed by atoms with Gasteiger partial charge in [0, 0.05) is 31.0 Å². The molecule has 0 bridgehead atoms. The fraction of sp³-hybridized carbons (Fsp3) is 0.500. The van der Waals surface area contributed by atoms with E-state index in [1.165, 1.54) is 29.9 Å². The molecule has 21 heavy (non-hydrogen) atoms. The number of ether oxygens (including phenoxy) is 1. The van der Waals surface area contributed by atoms with Crippen LogP contribution in [0.2, 0.25) is 0 Å². The fourth-order valence-electron chi connectivity index (χ4n) is 2.22. The van der Waals surface area contributed by atoms with E-state index in [1.807, 2.05) is 26.0 Å². The second kappa shape index (κ2) is 6.02. The summed E-state index contributed by atoms with van der Waals surface area (Å²) in [6.45, 7) is 4.90. The highest BCUT2D eigenvalue weighted by Gasteiger charge is 2.28. The van der Waals surface area contributed by atoms with Gasteiger partial charge in [0.2, 0.25) is 5.13 Å². The van der Waals surface area contributed by atoms with E-state index in [0.717, 1.165) is 23.3 Å². The van der Waals surface area contributed by atoms with Crippen molar-refractivity contribution in [3.63, 3.8) is 0 Å². The third-order valence-corrected chi connectivity index (χ3v) is 4.23. The molecule has 1 aromatic heterocycles. The first-order chi connectivity index (χ1) is 10.1. The molecule has 4 nitrogen and oxygen atoms in total. The Kier molecular flexibility index (Phi) is 4.10. The minimum atomic E-state index is 0.197. The third-order valence-electron chi connectivity index (χ3n) is 3.39. The van der Waals surface area contributed by atoms with Gasteiger partial charge in [-0.15, -0.1) is 0 Å². The first-order valence-electron chi connectivity index (χ1n) is 7.42. The normalized spacial score (nSPS) is 14.5. The Hall–Kier alpha value is -1.62. The second-order valence-corrected chi connectivity index (χ2v) is 6.61. The van der Waals surface area contributed by atoms with Crippen molar-refractivity contribution in [2.24, 2.45) is 0 Å². The molecule has 1 aliphatic carbocycles. The molecular formula is C16H21N3OS. The van der Waals surface area contributed by atoms with Crippen LogP contribution < -0.4 is 9.64 Å². The summed E-state index contributed by atoms with van der Waals surface area (Å²) in [6, 6.07) is 8.25. The molecule has 1 heterocycles. The number of hydrogen-bond acceptors (Lipinski definition) is 5. The van der Waals surface area contributed by atoms with Crippen LogP contribution in [0.5, 0.6) is 5.75 Å². The zero-order chi connectivity index (χ0) is 14.8. The largest absolute Gasteiger partial charge is 0.491 e. The van der Waals surface area contributed by atoms with Crippen molar-refractivity contribution >= 4 is 16.7 Å². The number of anilines is 1. The molecule has 1 fully saturated rings. The molecule has 0 spiro atoms. The van der Waals surface area contributed by atoms with Gasteiger partial charge in [0.1, 0.15) is 11.6 Å². The van der Waals surface area contributed by atoms with Crippen molar-refractivity contribution in [3.05, 3.63) is 35.7 Å². The van der Waals surface area contributed by atoms with Crippen LogP contribution in [0.15, 0.2) is 24.3 Å². The van der Waals surface area contributed by atoms with E-state index in [0.29, 0.717) is 5.92 Å². The van der Waals surface area contributed by atoms with E-state index in [4.69, 9.17) is 4.74 Å². The Bertz CT molecular complexity index is 607. The van der Waals surface area contributed by atoms with Crippen molar-refractivity contribution in [1.82, 2.24) is 9.36 Å². The van der Waals surface area contributed by atoms with E-state index in [2.05, 4.69) is 33.4 Å². The number of aromatic nitrogens is 2. The lowest BCUT2D eigenvalue weighted by molar-refractivity contribution is 0.242. The summed E-state index contributed by atoms with van der Waals surface area (Å²) in [5, 5.41) is 0.993. The number of rotatable bonds is 6. The zero-order valence-corrected chi connectivity index (χ0v) is 13.6. The van der Waals surface area contributed by atoms with Gasteiger partial charge in [-0.25, -0.2) is 4.98 Å². The van der Waals surface area contributed by atoms with Crippen LogP contribution in [-0.4, -0.2) is 22.5 Å². The lowest BCUT2D eigenvalue weighted by Crippen LogP contribution is -2.16. The first-order valence-corrected chi connectivity index (χ1v) is 8.19. The fourth-order valence-corrected chi connectivity index (χ4v) is 2.92. The lowest BCUT2D eigenvalue weighted by atomic mass is 10.2. The molecular weight excluding hydrogens is 282 g/mol. The Labute approximate surface area is 129 Å². The Morgan fingerprint density at radius 3 is 2.90 bits per heavy atom. The van der Waals surface area contributed by atoms with Gasteiger partial charge < -0.3 is 9.64 Å². The van der Waals surface area contributed by atoms with Crippen molar-refractivity contribution < 1.29 is 4.74 Å². The SMILES string of the molecule is CC(C)Oc1cccc(CN(C)c2nc(C3CC3)ns2)c1. The van der Waals surface area contributed by atoms with Gasteiger partial charge in [-0.1, -0.05) is 12.1 Å². The zero-order valence-electron chi connectivity index (χ0n) is 12.7. The first kappa shape index (κ1) is 14.3. The van der Waals surface area contributed by atoms with Crippen LogP contribution in [0.1, 0.15) is 44.0 Å². The highest BCUT2D eigenvalue weighted by atomic mass is 32.1. The minimum Gasteiger partial charge on any atom is -0.491 e. The van der Waals surface area contributed by atoms with Gasteiger partial charge in [-0.2, -0.15) is 4.37 Å². The van der Waals surface area contributed by atoms with E-state index in [9.17, 15) is 0 Å². The van der Waals surface area contributed by atoms with Crippen LogP contribution in [0.25, 0.3) is 0 Å². The van der Waals surface area contributed by atoms with Crippen molar-refractivity contribution in [2.75, 3.05) is 11.9 Å². The summed E-state index contributed by atoms with van der Waals surface area (Å²) in [6.07, 6.45) is 2.69. The van der Waals surface area contributed by atoms with Gasteiger partial charge in [-0.05, 0) is 44.4 Å². The molecule has 0 radical (unpaired) electrons. The molecule has 2 aromatic rings. The predicted molar refractivity (Wildman–Crippen MR) is 86.2 cm³/mol. The Balaban J connectivity index is 1.66. The summed E-state index contributed by atoms with van der Waals surface area (Å²) in [5.41, 5.74) is 1.22. The number of benzene rings is 1. The molecule has 1 aliphatic rings. The summed E-state index contributed by atoms with van der Waals surface area (Å²) < 4.78 is 10.2. The maximum Gasteiger partial charge on any atom is 0.205 e. The lowest BCUT2D eigenvalue weighted by Gasteiger charge is -2.16. The smallest absolute Gasteiger partial charge is 0.205 e. The molecule has 0 atom stereocenters. The van der Waals surface area contributed by atoms with Crippen LogP contribution in [0, 0.1) is 0 Å². The van der Waals surface area contributed by atoms with Gasteiger partial charge >= 0.3 is 0 Å². The Morgan fingerprint density at radius 2 is 2.19 bits per heavy atom. The Morgan fingerprint density at radius 1 is 1.38 bits per heavy atom. The monoisotopic (exact) mass is 303 g/mol. The van der Waals surface area contributed by atoms with E-state index in [1.54, 1.807) is 0 Å². The highest BCUT2D eigenvalue weighted by molar-refractivity contribution is 7.09. The maximum absolute atomic E-state index is 5.74. The second-order valence-electron chi connectivity index (χ2n) is 5.88. The molecule has 0 unspecified atom stereocenters. The van der Waals surface area contributed by atoms with E-state index in [-0.39, 0.29) is 6.10 Å². The molecule has 3 rings (SSSR count). The van der Waals surface area contributed by atoms with Gasteiger partial charge in [0.05, 0.1) is 6.10 Å². The predicted octanol–water partition coefficient (Wildman–Crippen LogP) is 3.84. The quantitative estimate of drug-likeness (QED) is 0.812.